The Labute approximate surface area is 88.5 Å². The summed E-state index contributed by atoms with van der Waals surface area (Å²) in [5.74, 6) is -1.46. The van der Waals surface area contributed by atoms with Gasteiger partial charge in [0.25, 0.3) is 0 Å². The van der Waals surface area contributed by atoms with Crippen LogP contribution in [0.3, 0.4) is 0 Å². The first kappa shape index (κ1) is 11.2. The van der Waals surface area contributed by atoms with Gasteiger partial charge < -0.3 is 4.74 Å². The molecule has 1 heterocycles. The molecule has 1 unspecified atom stereocenters. The summed E-state index contributed by atoms with van der Waals surface area (Å²) in [6.45, 7) is 3.78. The van der Waals surface area contributed by atoms with Crippen LogP contribution in [0, 0.1) is 18.3 Å². The van der Waals surface area contributed by atoms with E-state index in [0.717, 1.165) is 5.56 Å². The number of nitriles is 1. The average molecular weight is 204 g/mol. The summed E-state index contributed by atoms with van der Waals surface area (Å²) >= 11 is 0. The molecule has 0 aliphatic rings. The van der Waals surface area contributed by atoms with Crippen molar-refractivity contribution in [1.29, 1.82) is 5.26 Å². The summed E-state index contributed by atoms with van der Waals surface area (Å²) in [6.07, 6.45) is 1.56. The minimum Gasteiger partial charge on any atom is -0.465 e. The maximum absolute atomic E-state index is 11.4. The Morgan fingerprint density at radius 2 is 2.47 bits per heavy atom. The third kappa shape index (κ3) is 2.53. The van der Waals surface area contributed by atoms with Gasteiger partial charge >= 0.3 is 5.97 Å². The first-order chi connectivity index (χ1) is 7.20. The molecule has 0 fully saturated rings. The first-order valence-corrected chi connectivity index (χ1v) is 4.68. The molecule has 0 saturated carbocycles. The molecular weight excluding hydrogens is 192 g/mol. The van der Waals surface area contributed by atoms with E-state index in [9.17, 15) is 4.79 Å². The summed E-state index contributed by atoms with van der Waals surface area (Å²) in [5, 5.41) is 8.91. The number of nitrogens with zero attached hydrogens (tertiary/aromatic N) is 2. The summed E-state index contributed by atoms with van der Waals surface area (Å²) in [7, 11) is 0. The smallest absolute Gasteiger partial charge is 0.329 e. The lowest BCUT2D eigenvalue weighted by Gasteiger charge is -2.09. The number of aromatic nitrogens is 1. The van der Waals surface area contributed by atoms with Crippen LogP contribution in [0.5, 0.6) is 0 Å². The maximum atomic E-state index is 11.4. The molecular formula is C11H12N2O2. The molecule has 4 nitrogen and oxygen atoms in total. The predicted octanol–water partition coefficient (Wildman–Crippen LogP) is 1.56. The van der Waals surface area contributed by atoms with Gasteiger partial charge in [-0.15, -0.1) is 0 Å². The van der Waals surface area contributed by atoms with Gasteiger partial charge in [-0.3, -0.25) is 9.78 Å². The molecule has 1 aromatic rings. The van der Waals surface area contributed by atoms with E-state index in [0.29, 0.717) is 5.69 Å². The molecule has 1 atom stereocenters. The highest BCUT2D eigenvalue weighted by Crippen LogP contribution is 2.17. The number of rotatable bonds is 3. The monoisotopic (exact) mass is 204 g/mol. The SMILES string of the molecule is CCOC(=O)C(C#N)c1ncccc1C. The Morgan fingerprint density at radius 3 is 3.00 bits per heavy atom. The Kier molecular flexibility index (Phi) is 3.81. The molecule has 15 heavy (non-hydrogen) atoms. The molecule has 0 aliphatic carbocycles. The molecule has 0 spiro atoms. The fraction of sp³-hybridized carbons (Fsp3) is 0.364. The van der Waals surface area contributed by atoms with E-state index in [2.05, 4.69) is 4.98 Å². The third-order valence-electron chi connectivity index (χ3n) is 1.97. The van der Waals surface area contributed by atoms with Gasteiger partial charge in [0.05, 0.1) is 18.4 Å². The van der Waals surface area contributed by atoms with E-state index < -0.39 is 11.9 Å². The maximum Gasteiger partial charge on any atom is 0.329 e. The number of hydrogen-bond acceptors (Lipinski definition) is 4. The molecule has 4 heteroatoms. The van der Waals surface area contributed by atoms with Crippen molar-refractivity contribution in [2.24, 2.45) is 0 Å². The molecule has 0 aromatic carbocycles. The lowest BCUT2D eigenvalue weighted by Crippen LogP contribution is -2.16. The van der Waals surface area contributed by atoms with Crippen molar-refractivity contribution < 1.29 is 9.53 Å². The quantitative estimate of drug-likeness (QED) is 0.701. The average Bonchev–Trinajstić information content (AvgIpc) is 2.22. The summed E-state index contributed by atoms with van der Waals surface area (Å²) in [5.41, 5.74) is 1.29. The third-order valence-corrected chi connectivity index (χ3v) is 1.97. The van der Waals surface area contributed by atoms with Gasteiger partial charge in [-0.25, -0.2) is 0 Å². The summed E-state index contributed by atoms with van der Waals surface area (Å²) in [6, 6.07) is 5.48. The Balaban J connectivity index is 2.99. The van der Waals surface area contributed by atoms with Crippen LogP contribution in [0.4, 0.5) is 0 Å². The number of ether oxygens (including phenoxy) is 1. The fourth-order valence-corrected chi connectivity index (χ4v) is 1.25. The van der Waals surface area contributed by atoms with Crippen LogP contribution in [0.25, 0.3) is 0 Å². The van der Waals surface area contributed by atoms with Gasteiger partial charge in [-0.2, -0.15) is 5.26 Å². The second-order valence-corrected chi connectivity index (χ2v) is 3.02. The highest BCUT2D eigenvalue weighted by atomic mass is 16.5. The van der Waals surface area contributed by atoms with Crippen molar-refractivity contribution in [2.75, 3.05) is 6.61 Å². The van der Waals surface area contributed by atoms with Crippen LogP contribution >= 0.6 is 0 Å². The predicted molar refractivity (Wildman–Crippen MR) is 54.0 cm³/mol. The zero-order valence-corrected chi connectivity index (χ0v) is 8.73. The number of carbonyl (C=O) groups excluding carboxylic acids is 1. The first-order valence-electron chi connectivity index (χ1n) is 4.68. The van der Waals surface area contributed by atoms with E-state index >= 15 is 0 Å². The van der Waals surface area contributed by atoms with E-state index in [1.165, 1.54) is 0 Å². The number of hydrogen-bond donors (Lipinski definition) is 0. The number of carbonyl (C=O) groups is 1. The Bertz CT molecular complexity index is 396. The van der Waals surface area contributed by atoms with E-state index in [-0.39, 0.29) is 6.61 Å². The van der Waals surface area contributed by atoms with Gasteiger partial charge in [0.1, 0.15) is 0 Å². The van der Waals surface area contributed by atoms with Crippen LogP contribution in [-0.4, -0.2) is 17.6 Å². The van der Waals surface area contributed by atoms with Crippen LogP contribution in [0.1, 0.15) is 24.1 Å². The van der Waals surface area contributed by atoms with Crippen molar-refractivity contribution in [1.82, 2.24) is 4.98 Å². The van der Waals surface area contributed by atoms with Gasteiger partial charge in [0.15, 0.2) is 5.92 Å². The molecule has 0 N–H and O–H groups in total. The van der Waals surface area contributed by atoms with Crippen LogP contribution in [-0.2, 0) is 9.53 Å². The summed E-state index contributed by atoms with van der Waals surface area (Å²) < 4.78 is 4.80. The minimum absolute atomic E-state index is 0.267. The van der Waals surface area contributed by atoms with Crippen molar-refractivity contribution in [2.45, 2.75) is 19.8 Å². The number of aryl methyl sites for hydroxylation is 1. The van der Waals surface area contributed by atoms with Crippen LogP contribution < -0.4 is 0 Å². The van der Waals surface area contributed by atoms with Crippen LogP contribution in [0.2, 0.25) is 0 Å². The number of esters is 1. The Morgan fingerprint density at radius 1 is 1.73 bits per heavy atom. The van der Waals surface area contributed by atoms with E-state index in [4.69, 9.17) is 10.00 Å². The van der Waals surface area contributed by atoms with Gasteiger partial charge in [-0.1, -0.05) is 6.07 Å². The van der Waals surface area contributed by atoms with Crippen molar-refractivity contribution in [3.05, 3.63) is 29.6 Å². The molecule has 78 valence electrons. The van der Waals surface area contributed by atoms with E-state index in [1.807, 2.05) is 19.1 Å². The zero-order chi connectivity index (χ0) is 11.3. The molecule has 0 saturated heterocycles. The van der Waals surface area contributed by atoms with Crippen molar-refractivity contribution >= 4 is 5.97 Å². The van der Waals surface area contributed by atoms with Crippen LogP contribution in [0.15, 0.2) is 18.3 Å². The van der Waals surface area contributed by atoms with Crippen molar-refractivity contribution in [3.8, 4) is 6.07 Å². The Hall–Kier alpha value is -1.89. The topological polar surface area (TPSA) is 63.0 Å². The fourth-order valence-electron chi connectivity index (χ4n) is 1.25. The van der Waals surface area contributed by atoms with E-state index in [1.54, 1.807) is 19.2 Å². The second kappa shape index (κ2) is 5.11. The van der Waals surface area contributed by atoms with Crippen molar-refractivity contribution in [3.63, 3.8) is 0 Å². The highest BCUT2D eigenvalue weighted by Gasteiger charge is 2.24. The highest BCUT2D eigenvalue weighted by molar-refractivity contribution is 5.81. The standard InChI is InChI=1S/C11H12N2O2/c1-3-15-11(14)9(7-12)10-8(2)5-4-6-13-10/h4-6,9H,3H2,1-2H3. The van der Waals surface area contributed by atoms with Gasteiger partial charge in [0, 0.05) is 6.20 Å². The largest absolute Gasteiger partial charge is 0.465 e. The molecule has 0 radical (unpaired) electrons. The molecule has 0 bridgehead atoms. The second-order valence-electron chi connectivity index (χ2n) is 3.02. The zero-order valence-electron chi connectivity index (χ0n) is 8.73. The molecule has 0 amide bonds. The lowest BCUT2D eigenvalue weighted by atomic mass is 10.0. The summed E-state index contributed by atoms with van der Waals surface area (Å²) in [4.78, 5) is 15.5. The lowest BCUT2D eigenvalue weighted by molar-refractivity contribution is -0.143. The molecule has 1 aromatic heterocycles. The molecule has 1 rings (SSSR count). The minimum atomic E-state index is -0.925. The normalized spacial score (nSPS) is 11.5. The van der Waals surface area contributed by atoms with Gasteiger partial charge in [-0.05, 0) is 25.5 Å². The number of pyridine rings is 1. The molecule has 0 aliphatic heterocycles. The van der Waals surface area contributed by atoms with Gasteiger partial charge in [0.2, 0.25) is 0 Å².